The maximum absolute atomic E-state index is 12.7. The van der Waals surface area contributed by atoms with Gasteiger partial charge in [0.15, 0.2) is 0 Å². The van der Waals surface area contributed by atoms with Crippen molar-refractivity contribution in [2.45, 2.75) is 19.8 Å². The first kappa shape index (κ1) is 7.01. The lowest BCUT2D eigenvalue weighted by Gasteiger charge is -2.07. The van der Waals surface area contributed by atoms with Crippen molar-refractivity contribution in [2.75, 3.05) is 0 Å². The van der Waals surface area contributed by atoms with Gasteiger partial charge in [0.2, 0.25) is 0 Å². The Bertz CT molecular complexity index is 242. The van der Waals surface area contributed by atoms with Gasteiger partial charge in [0.1, 0.15) is 11.9 Å². The second-order valence-electron chi connectivity index (χ2n) is 2.36. The minimum Gasteiger partial charge on any atom is -0.206 e. The normalized spacial score (nSPS) is 18.3. The summed E-state index contributed by atoms with van der Waals surface area (Å²) in [5, 5.41) is 8.44. The Kier molecular flexibility index (Phi) is 1.86. The van der Waals surface area contributed by atoms with E-state index in [0.29, 0.717) is 0 Å². The van der Waals surface area contributed by atoms with E-state index in [1.807, 2.05) is 6.07 Å². The van der Waals surface area contributed by atoms with Crippen molar-refractivity contribution in [1.82, 2.24) is 0 Å². The van der Waals surface area contributed by atoms with Crippen LogP contribution in [-0.2, 0) is 0 Å². The summed E-state index contributed by atoms with van der Waals surface area (Å²) in [7, 11) is 0. The predicted octanol–water partition coefficient (Wildman–Crippen LogP) is 2.47. The first-order chi connectivity index (χ1) is 4.75. The van der Waals surface area contributed by atoms with Crippen molar-refractivity contribution < 1.29 is 4.39 Å². The van der Waals surface area contributed by atoms with E-state index in [9.17, 15) is 4.39 Å². The molecule has 0 radical (unpaired) electrons. The highest BCUT2D eigenvalue weighted by Gasteiger charge is 2.11. The molecule has 0 bridgehead atoms. The number of hydrogen-bond acceptors (Lipinski definition) is 1. The van der Waals surface area contributed by atoms with Crippen LogP contribution in [0.4, 0.5) is 4.39 Å². The van der Waals surface area contributed by atoms with Crippen LogP contribution >= 0.6 is 0 Å². The molecule has 0 unspecified atom stereocenters. The highest BCUT2D eigenvalue weighted by molar-refractivity contribution is 5.43. The highest BCUT2D eigenvalue weighted by Crippen LogP contribution is 2.24. The van der Waals surface area contributed by atoms with E-state index in [-0.39, 0.29) is 11.4 Å². The summed E-state index contributed by atoms with van der Waals surface area (Å²) < 4.78 is 12.7. The Hall–Kier alpha value is -1.10. The zero-order valence-corrected chi connectivity index (χ0v) is 5.82. The van der Waals surface area contributed by atoms with Gasteiger partial charge in [-0.25, -0.2) is 4.39 Å². The van der Waals surface area contributed by atoms with Gasteiger partial charge in [-0.2, -0.15) is 5.26 Å². The Morgan fingerprint density at radius 3 is 2.80 bits per heavy atom. The fourth-order valence-corrected chi connectivity index (χ4v) is 0.995. The Morgan fingerprint density at radius 2 is 2.40 bits per heavy atom. The number of nitrogens with zero attached hydrogens (tertiary/aromatic N) is 1. The van der Waals surface area contributed by atoms with Crippen molar-refractivity contribution in [1.29, 1.82) is 5.26 Å². The van der Waals surface area contributed by atoms with Gasteiger partial charge in [0.25, 0.3) is 0 Å². The summed E-state index contributed by atoms with van der Waals surface area (Å²) >= 11 is 0. The Morgan fingerprint density at radius 1 is 1.70 bits per heavy atom. The zero-order chi connectivity index (χ0) is 7.56. The summed E-state index contributed by atoms with van der Waals surface area (Å²) in [6.07, 6.45) is 3.00. The van der Waals surface area contributed by atoms with Crippen LogP contribution in [0.5, 0.6) is 0 Å². The molecule has 0 aromatic heterocycles. The van der Waals surface area contributed by atoms with E-state index in [4.69, 9.17) is 5.26 Å². The second-order valence-corrected chi connectivity index (χ2v) is 2.36. The lowest BCUT2D eigenvalue weighted by atomic mass is 9.99. The van der Waals surface area contributed by atoms with Crippen LogP contribution in [0.2, 0.25) is 0 Å². The van der Waals surface area contributed by atoms with Crippen LogP contribution in [0.3, 0.4) is 0 Å². The molecule has 0 saturated heterocycles. The molecule has 0 N–H and O–H groups in total. The summed E-state index contributed by atoms with van der Waals surface area (Å²) in [4.78, 5) is 0. The number of hydrogen-bond donors (Lipinski definition) is 0. The number of nitriles is 1. The summed E-state index contributed by atoms with van der Waals surface area (Å²) in [6.45, 7) is 1.80. The summed E-state index contributed by atoms with van der Waals surface area (Å²) in [6, 6.07) is 1.84. The molecule has 0 saturated carbocycles. The van der Waals surface area contributed by atoms with Crippen LogP contribution in [0.1, 0.15) is 19.8 Å². The molecule has 2 heteroatoms. The fraction of sp³-hybridized carbons (Fsp3) is 0.375. The van der Waals surface area contributed by atoms with Gasteiger partial charge in [0.05, 0.1) is 5.57 Å². The lowest BCUT2D eigenvalue weighted by molar-refractivity contribution is 0.637. The van der Waals surface area contributed by atoms with Crippen LogP contribution in [0, 0.1) is 11.3 Å². The SMILES string of the molecule is CC1=C(C#N)C(F)=CCC1. The number of rotatable bonds is 0. The first-order valence-electron chi connectivity index (χ1n) is 3.21. The molecule has 0 aliphatic heterocycles. The molecule has 0 spiro atoms. The topological polar surface area (TPSA) is 23.8 Å². The molecule has 0 heterocycles. The molecule has 10 heavy (non-hydrogen) atoms. The van der Waals surface area contributed by atoms with Crippen molar-refractivity contribution in [3.63, 3.8) is 0 Å². The van der Waals surface area contributed by atoms with Crippen molar-refractivity contribution in [3.05, 3.63) is 23.0 Å². The van der Waals surface area contributed by atoms with E-state index >= 15 is 0 Å². The Balaban J connectivity index is 3.01. The summed E-state index contributed by atoms with van der Waals surface area (Å²) in [5.74, 6) is -0.355. The third kappa shape index (κ3) is 1.08. The summed E-state index contributed by atoms with van der Waals surface area (Å²) in [5.41, 5.74) is 1.09. The van der Waals surface area contributed by atoms with Gasteiger partial charge >= 0.3 is 0 Å². The monoisotopic (exact) mass is 137 g/mol. The van der Waals surface area contributed by atoms with E-state index in [2.05, 4.69) is 0 Å². The average molecular weight is 137 g/mol. The fourth-order valence-electron chi connectivity index (χ4n) is 0.995. The number of allylic oxidation sites excluding steroid dienone is 4. The first-order valence-corrected chi connectivity index (χ1v) is 3.21. The molecule has 52 valence electrons. The predicted molar refractivity (Wildman–Crippen MR) is 36.7 cm³/mol. The number of halogens is 1. The van der Waals surface area contributed by atoms with Gasteiger partial charge in [-0.1, -0.05) is 5.57 Å². The molecule has 1 rings (SSSR count). The second kappa shape index (κ2) is 2.66. The minimum absolute atomic E-state index is 0.228. The molecule has 0 fully saturated rings. The van der Waals surface area contributed by atoms with E-state index in [0.717, 1.165) is 18.4 Å². The molecular formula is C8H8FN. The van der Waals surface area contributed by atoms with Crippen molar-refractivity contribution >= 4 is 0 Å². The molecule has 0 aromatic rings. The lowest BCUT2D eigenvalue weighted by Crippen LogP contribution is -1.93. The van der Waals surface area contributed by atoms with Gasteiger partial charge in [-0.15, -0.1) is 0 Å². The van der Waals surface area contributed by atoms with Gasteiger partial charge in [0, 0.05) is 0 Å². The molecule has 1 aliphatic carbocycles. The standard InChI is InChI=1S/C8H8FN/c1-6-3-2-4-8(9)7(6)5-10/h4H,2-3H2,1H3. The maximum Gasteiger partial charge on any atom is 0.136 e. The average Bonchev–Trinajstić information content (AvgIpc) is 1.88. The van der Waals surface area contributed by atoms with Crippen LogP contribution < -0.4 is 0 Å². The van der Waals surface area contributed by atoms with Gasteiger partial charge in [-0.05, 0) is 25.8 Å². The molecule has 0 aromatic carbocycles. The maximum atomic E-state index is 12.7. The van der Waals surface area contributed by atoms with Gasteiger partial charge < -0.3 is 0 Å². The molecule has 0 amide bonds. The third-order valence-corrected chi connectivity index (χ3v) is 1.62. The van der Waals surface area contributed by atoms with E-state index in [1.165, 1.54) is 6.08 Å². The molecule has 0 atom stereocenters. The van der Waals surface area contributed by atoms with Crippen LogP contribution in [-0.4, -0.2) is 0 Å². The molecule has 1 nitrogen and oxygen atoms in total. The Labute approximate surface area is 59.5 Å². The van der Waals surface area contributed by atoms with Crippen molar-refractivity contribution in [3.8, 4) is 6.07 Å². The van der Waals surface area contributed by atoms with Crippen LogP contribution in [0.25, 0.3) is 0 Å². The highest BCUT2D eigenvalue weighted by atomic mass is 19.1. The van der Waals surface area contributed by atoms with E-state index < -0.39 is 0 Å². The minimum atomic E-state index is -0.355. The largest absolute Gasteiger partial charge is 0.206 e. The van der Waals surface area contributed by atoms with Gasteiger partial charge in [-0.3, -0.25) is 0 Å². The van der Waals surface area contributed by atoms with Crippen LogP contribution in [0.15, 0.2) is 23.0 Å². The van der Waals surface area contributed by atoms with E-state index in [1.54, 1.807) is 6.92 Å². The quantitative estimate of drug-likeness (QED) is 0.503. The smallest absolute Gasteiger partial charge is 0.136 e. The zero-order valence-electron chi connectivity index (χ0n) is 5.82. The molecule has 1 aliphatic rings. The third-order valence-electron chi connectivity index (χ3n) is 1.62. The molecular weight excluding hydrogens is 129 g/mol. The van der Waals surface area contributed by atoms with Crippen molar-refractivity contribution in [2.24, 2.45) is 0 Å².